The smallest absolute Gasteiger partial charge is 0.228 e. The quantitative estimate of drug-likeness (QED) is 0.277. The molecule has 5 rings (SSSR count). The van der Waals surface area contributed by atoms with Crippen LogP contribution in [0.4, 0.5) is 11.9 Å². The van der Waals surface area contributed by atoms with Crippen molar-refractivity contribution < 1.29 is 4.57 Å². The molecule has 4 fully saturated rings. The fourth-order valence-electron chi connectivity index (χ4n) is 7.97. The van der Waals surface area contributed by atoms with Gasteiger partial charge in [0, 0.05) is 17.6 Å². The lowest BCUT2D eigenvalue weighted by Crippen LogP contribution is -2.28. The summed E-state index contributed by atoms with van der Waals surface area (Å²) in [5.41, 5.74) is 2.60. The largest absolute Gasteiger partial charge is 0.350 e. The fraction of sp³-hybridized carbons (Fsp3) is 0.900. The normalized spacial score (nSPS) is 23.5. The first-order valence-electron chi connectivity index (χ1n) is 16.2. The van der Waals surface area contributed by atoms with E-state index in [2.05, 4.69) is 20.6 Å². The Kier molecular flexibility index (Phi) is 10.8. The molecule has 2 N–H and O–H groups in total. The minimum Gasteiger partial charge on any atom is -0.350 e. The van der Waals surface area contributed by atoms with Gasteiger partial charge in [-0.2, -0.15) is 15.0 Å². The zero-order valence-corrected chi connectivity index (χ0v) is 25.8. The van der Waals surface area contributed by atoms with E-state index in [1.165, 1.54) is 103 Å². The van der Waals surface area contributed by atoms with Crippen molar-refractivity contribution in [3.05, 3.63) is 5.82 Å². The first kappa shape index (κ1) is 28.8. The van der Waals surface area contributed by atoms with Crippen LogP contribution in [0.25, 0.3) is 0 Å². The molecule has 0 saturated heterocycles. The third-order valence-corrected chi connectivity index (χ3v) is 17.7. The molecule has 0 aliphatic heterocycles. The van der Waals surface area contributed by atoms with Crippen LogP contribution in [0.5, 0.6) is 0 Å². The standard InChI is InChI=1S/C30H53N5OP2/c1-24-33-29(31-22-37(25-14-6-2-7-15-25)26-16-8-3-9-17-26)35-30(34-24)32-23-38(36,27-18-10-4-11-19-27)28-20-12-5-13-21-28/h25-28H,2-23H2,1H3,(H2,31,32,33,34,35). The van der Waals surface area contributed by atoms with Gasteiger partial charge in [0.1, 0.15) is 13.0 Å². The van der Waals surface area contributed by atoms with Crippen LogP contribution in [-0.4, -0.2) is 50.2 Å². The maximum absolute atomic E-state index is 14.7. The Morgan fingerprint density at radius 1 is 0.632 bits per heavy atom. The molecular formula is C30H53N5OP2. The van der Waals surface area contributed by atoms with Crippen molar-refractivity contribution in [2.75, 3.05) is 23.2 Å². The van der Waals surface area contributed by atoms with E-state index in [9.17, 15) is 4.57 Å². The van der Waals surface area contributed by atoms with Crippen molar-refractivity contribution in [1.82, 2.24) is 15.0 Å². The second kappa shape index (κ2) is 14.2. The summed E-state index contributed by atoms with van der Waals surface area (Å²) in [6.07, 6.45) is 27.9. The summed E-state index contributed by atoms with van der Waals surface area (Å²) in [5.74, 6) is 2.07. The van der Waals surface area contributed by atoms with E-state index in [0.717, 1.165) is 49.1 Å². The van der Waals surface area contributed by atoms with E-state index >= 15 is 0 Å². The van der Waals surface area contributed by atoms with Crippen molar-refractivity contribution >= 4 is 27.0 Å². The molecule has 214 valence electrons. The first-order chi connectivity index (χ1) is 18.6. The van der Waals surface area contributed by atoms with Gasteiger partial charge in [-0.3, -0.25) is 0 Å². The number of nitrogens with one attached hydrogen (secondary N) is 2. The lowest BCUT2D eigenvalue weighted by Gasteiger charge is -2.38. The molecule has 38 heavy (non-hydrogen) atoms. The zero-order valence-electron chi connectivity index (χ0n) is 24.0. The molecule has 6 nitrogen and oxygen atoms in total. The van der Waals surface area contributed by atoms with Crippen LogP contribution in [0.3, 0.4) is 0 Å². The highest BCUT2D eigenvalue weighted by Crippen LogP contribution is 2.62. The predicted molar refractivity (Wildman–Crippen MR) is 164 cm³/mol. The average molecular weight is 562 g/mol. The van der Waals surface area contributed by atoms with Gasteiger partial charge in [-0.15, -0.1) is 0 Å². The lowest BCUT2D eigenvalue weighted by molar-refractivity contribution is 0.448. The first-order valence-corrected chi connectivity index (χ1v) is 19.9. The van der Waals surface area contributed by atoms with Crippen LogP contribution in [0.15, 0.2) is 0 Å². The molecule has 0 radical (unpaired) electrons. The minimum absolute atomic E-state index is 0.0604. The Morgan fingerprint density at radius 3 is 1.53 bits per heavy atom. The third kappa shape index (κ3) is 7.51. The molecule has 0 spiro atoms. The second-order valence-corrected chi connectivity index (χ2v) is 19.0. The van der Waals surface area contributed by atoms with Crippen LogP contribution >= 0.6 is 15.1 Å². The van der Waals surface area contributed by atoms with Crippen molar-refractivity contribution in [1.29, 1.82) is 0 Å². The molecule has 4 saturated carbocycles. The summed E-state index contributed by atoms with van der Waals surface area (Å²) in [6.45, 7) is 1.96. The molecule has 0 amide bonds. The summed E-state index contributed by atoms with van der Waals surface area (Å²) >= 11 is 0. The SMILES string of the molecule is Cc1nc(NCP(C2CCCCC2)C2CCCCC2)nc(NCP(=O)(C2CCCCC2)C2CCCCC2)n1. The maximum Gasteiger partial charge on any atom is 0.228 e. The van der Waals surface area contributed by atoms with Crippen molar-refractivity contribution in [3.8, 4) is 0 Å². The van der Waals surface area contributed by atoms with Crippen molar-refractivity contribution in [2.45, 2.75) is 158 Å². The highest BCUT2D eigenvalue weighted by atomic mass is 31.2. The van der Waals surface area contributed by atoms with Gasteiger partial charge >= 0.3 is 0 Å². The number of aromatic nitrogens is 3. The summed E-state index contributed by atoms with van der Waals surface area (Å²) in [7, 11) is -2.42. The number of nitrogens with zero attached hydrogens (tertiary/aromatic N) is 3. The number of hydrogen-bond donors (Lipinski definition) is 2. The molecular weight excluding hydrogens is 508 g/mol. The van der Waals surface area contributed by atoms with Crippen molar-refractivity contribution in [2.24, 2.45) is 0 Å². The number of hydrogen-bond acceptors (Lipinski definition) is 6. The van der Waals surface area contributed by atoms with Gasteiger partial charge in [0.15, 0.2) is 0 Å². The highest BCUT2D eigenvalue weighted by molar-refractivity contribution is 7.65. The molecule has 4 aliphatic rings. The summed E-state index contributed by atoms with van der Waals surface area (Å²) in [5, 5.41) is 7.22. The topological polar surface area (TPSA) is 79.8 Å². The van der Waals surface area contributed by atoms with Crippen LogP contribution in [0.1, 0.15) is 134 Å². The Hall–Kier alpha value is -0.730. The van der Waals surface area contributed by atoms with E-state index in [1.54, 1.807) is 0 Å². The van der Waals surface area contributed by atoms with E-state index in [4.69, 9.17) is 4.98 Å². The molecule has 0 aromatic carbocycles. The number of rotatable bonds is 10. The minimum atomic E-state index is -2.36. The monoisotopic (exact) mass is 561 g/mol. The highest BCUT2D eigenvalue weighted by Gasteiger charge is 2.41. The van der Waals surface area contributed by atoms with Crippen LogP contribution < -0.4 is 10.6 Å². The van der Waals surface area contributed by atoms with E-state index in [1.807, 2.05) is 6.92 Å². The molecule has 8 heteroatoms. The van der Waals surface area contributed by atoms with Gasteiger partial charge in [-0.05, 0) is 69.6 Å². The van der Waals surface area contributed by atoms with Crippen LogP contribution in [0, 0.1) is 6.92 Å². The van der Waals surface area contributed by atoms with Gasteiger partial charge in [-0.25, -0.2) is 0 Å². The predicted octanol–water partition coefficient (Wildman–Crippen LogP) is 9.09. The van der Waals surface area contributed by atoms with Gasteiger partial charge in [-0.1, -0.05) is 85.0 Å². The summed E-state index contributed by atoms with van der Waals surface area (Å²) < 4.78 is 14.7. The molecule has 0 atom stereocenters. The molecule has 1 aromatic rings. The maximum atomic E-state index is 14.7. The third-order valence-electron chi connectivity index (χ3n) is 10.1. The number of aryl methyl sites for hydroxylation is 1. The van der Waals surface area contributed by atoms with Gasteiger partial charge in [0.05, 0.1) is 6.29 Å². The van der Waals surface area contributed by atoms with Gasteiger partial charge in [0.25, 0.3) is 0 Å². The molecule has 1 heterocycles. The summed E-state index contributed by atoms with van der Waals surface area (Å²) in [4.78, 5) is 14.2. The molecule has 0 unspecified atom stereocenters. The van der Waals surface area contributed by atoms with E-state index < -0.39 is 7.14 Å². The van der Waals surface area contributed by atoms with E-state index in [0.29, 0.717) is 29.5 Å². The Bertz CT molecular complexity index is 866. The second-order valence-electron chi connectivity index (χ2n) is 12.7. The zero-order chi connectivity index (χ0) is 26.2. The molecule has 1 aromatic heterocycles. The lowest BCUT2D eigenvalue weighted by atomic mass is 9.99. The van der Waals surface area contributed by atoms with Gasteiger partial charge in [0.2, 0.25) is 11.9 Å². The van der Waals surface area contributed by atoms with Crippen LogP contribution in [0.2, 0.25) is 0 Å². The average Bonchev–Trinajstić information content (AvgIpc) is 2.98. The van der Waals surface area contributed by atoms with E-state index in [-0.39, 0.29) is 7.92 Å². The summed E-state index contributed by atoms with van der Waals surface area (Å²) in [6, 6.07) is 0. The number of anilines is 2. The fourth-order valence-corrected chi connectivity index (χ4v) is 15.4. The Morgan fingerprint density at radius 2 is 1.05 bits per heavy atom. The Labute approximate surface area is 233 Å². The van der Waals surface area contributed by atoms with Crippen LogP contribution in [-0.2, 0) is 4.57 Å². The van der Waals surface area contributed by atoms with Crippen molar-refractivity contribution in [3.63, 3.8) is 0 Å². The Balaban J connectivity index is 1.26. The van der Waals surface area contributed by atoms with Gasteiger partial charge < -0.3 is 15.2 Å². The molecule has 4 aliphatic carbocycles. The molecule has 0 bridgehead atoms.